The molecule has 4 nitrogen and oxygen atoms in total. The molecular weight excluding hydrogens is 288 g/mol. The summed E-state index contributed by atoms with van der Waals surface area (Å²) >= 11 is 0. The molecule has 23 heavy (non-hydrogen) atoms. The van der Waals surface area contributed by atoms with E-state index in [2.05, 4.69) is 30.4 Å². The van der Waals surface area contributed by atoms with Crippen molar-refractivity contribution < 1.29 is 9.47 Å². The molecule has 0 aliphatic carbocycles. The summed E-state index contributed by atoms with van der Waals surface area (Å²) in [5.74, 6) is 0.0223. The van der Waals surface area contributed by atoms with Crippen LogP contribution in [0.25, 0.3) is 0 Å². The van der Waals surface area contributed by atoms with Crippen molar-refractivity contribution in [3.05, 3.63) is 60.4 Å². The van der Waals surface area contributed by atoms with Crippen molar-refractivity contribution in [1.29, 1.82) is 5.26 Å². The van der Waals surface area contributed by atoms with E-state index in [0.717, 1.165) is 5.56 Å². The fourth-order valence-corrected chi connectivity index (χ4v) is 2.47. The molecule has 2 unspecified atom stereocenters. The number of hydrogen-bond acceptors (Lipinski definition) is 4. The van der Waals surface area contributed by atoms with Crippen molar-refractivity contribution in [2.45, 2.75) is 45.2 Å². The van der Waals surface area contributed by atoms with Gasteiger partial charge in [-0.2, -0.15) is 5.26 Å². The van der Waals surface area contributed by atoms with Gasteiger partial charge < -0.3 is 9.47 Å². The van der Waals surface area contributed by atoms with Gasteiger partial charge in [0.15, 0.2) is 0 Å². The van der Waals surface area contributed by atoms with E-state index in [1.807, 2.05) is 50.3 Å². The highest BCUT2D eigenvalue weighted by Gasteiger charge is 2.26. The predicted octanol–water partition coefficient (Wildman–Crippen LogP) is 3.70. The maximum Gasteiger partial charge on any atom is 0.219 e. The maximum absolute atomic E-state index is 9.52. The molecule has 1 aromatic carbocycles. The van der Waals surface area contributed by atoms with Crippen LogP contribution in [0.4, 0.5) is 0 Å². The molecule has 1 heterocycles. The minimum atomic E-state index is -0.386. The standard InChI is InChI=1S/C19H24N2O2/c1-14(16(3)23-19-11-7-8-12-22-19)18(13-20)21-15(2)17-9-5-4-6-10-17/h4-12,14-16,18-19,21H,1-3H3/t14-,15-,16-,18?,19?/m0/s1. The number of rotatable bonds is 7. The van der Waals surface area contributed by atoms with E-state index in [9.17, 15) is 5.26 Å². The lowest BCUT2D eigenvalue weighted by atomic mass is 9.96. The smallest absolute Gasteiger partial charge is 0.219 e. The summed E-state index contributed by atoms with van der Waals surface area (Å²) in [6.07, 6.45) is 6.67. The van der Waals surface area contributed by atoms with E-state index in [1.165, 1.54) is 0 Å². The van der Waals surface area contributed by atoms with Crippen LogP contribution >= 0.6 is 0 Å². The van der Waals surface area contributed by atoms with Gasteiger partial charge >= 0.3 is 0 Å². The minimum Gasteiger partial charge on any atom is -0.469 e. The Kier molecular flexibility index (Phi) is 6.40. The van der Waals surface area contributed by atoms with Crippen LogP contribution < -0.4 is 5.32 Å². The van der Waals surface area contributed by atoms with E-state index in [4.69, 9.17) is 9.47 Å². The lowest BCUT2D eigenvalue weighted by Crippen LogP contribution is -2.41. The number of hydrogen-bond donors (Lipinski definition) is 1. The molecule has 0 aromatic heterocycles. The zero-order chi connectivity index (χ0) is 16.7. The molecule has 2 rings (SSSR count). The summed E-state index contributed by atoms with van der Waals surface area (Å²) in [4.78, 5) is 0. The number of allylic oxidation sites excluding steroid dienone is 2. The maximum atomic E-state index is 9.52. The van der Waals surface area contributed by atoms with Gasteiger partial charge in [-0.15, -0.1) is 0 Å². The molecule has 0 fully saturated rings. The van der Waals surface area contributed by atoms with Crippen LogP contribution in [0.5, 0.6) is 0 Å². The average molecular weight is 312 g/mol. The van der Waals surface area contributed by atoms with Gasteiger partial charge in [0.05, 0.1) is 18.4 Å². The highest BCUT2D eigenvalue weighted by Crippen LogP contribution is 2.19. The van der Waals surface area contributed by atoms with Gasteiger partial charge in [0.1, 0.15) is 6.04 Å². The lowest BCUT2D eigenvalue weighted by molar-refractivity contribution is -0.123. The van der Waals surface area contributed by atoms with Gasteiger partial charge in [0, 0.05) is 12.0 Å². The largest absolute Gasteiger partial charge is 0.469 e. The average Bonchev–Trinajstić information content (AvgIpc) is 2.60. The zero-order valence-corrected chi connectivity index (χ0v) is 13.8. The third-order valence-corrected chi connectivity index (χ3v) is 4.15. The molecule has 122 valence electrons. The third-order valence-electron chi connectivity index (χ3n) is 4.15. The van der Waals surface area contributed by atoms with Crippen molar-refractivity contribution in [3.8, 4) is 6.07 Å². The van der Waals surface area contributed by atoms with Gasteiger partial charge in [0.25, 0.3) is 0 Å². The topological polar surface area (TPSA) is 54.3 Å². The molecule has 1 aromatic rings. The van der Waals surface area contributed by atoms with Crippen molar-refractivity contribution in [1.82, 2.24) is 5.32 Å². The van der Waals surface area contributed by atoms with Crippen molar-refractivity contribution >= 4 is 0 Å². The first-order valence-corrected chi connectivity index (χ1v) is 7.96. The molecule has 0 saturated carbocycles. The molecule has 1 aliphatic rings. The molecule has 0 bridgehead atoms. The Labute approximate surface area is 138 Å². The van der Waals surface area contributed by atoms with Crippen molar-refractivity contribution in [2.75, 3.05) is 0 Å². The van der Waals surface area contributed by atoms with Gasteiger partial charge in [-0.25, -0.2) is 0 Å². The molecule has 0 saturated heterocycles. The molecule has 1 N–H and O–H groups in total. The summed E-state index contributed by atoms with van der Waals surface area (Å²) in [5.41, 5.74) is 1.16. The van der Waals surface area contributed by atoms with E-state index < -0.39 is 0 Å². The SMILES string of the molecule is C[C@H](NC(C#N)[C@@H](C)[C@H](C)OC1C=CC=CO1)c1ccccc1. The Hall–Kier alpha value is -2.09. The number of ether oxygens (including phenoxy) is 2. The second kappa shape index (κ2) is 8.52. The molecule has 5 atom stereocenters. The van der Waals surface area contributed by atoms with Gasteiger partial charge in [-0.1, -0.05) is 43.3 Å². The monoisotopic (exact) mass is 312 g/mol. The van der Waals surface area contributed by atoms with Gasteiger partial charge in [-0.3, -0.25) is 5.32 Å². The number of nitrogens with one attached hydrogen (secondary N) is 1. The van der Waals surface area contributed by atoms with Crippen LogP contribution in [0.3, 0.4) is 0 Å². The zero-order valence-electron chi connectivity index (χ0n) is 13.8. The van der Waals surface area contributed by atoms with E-state index >= 15 is 0 Å². The van der Waals surface area contributed by atoms with Crippen LogP contribution in [-0.4, -0.2) is 18.4 Å². The first-order valence-electron chi connectivity index (χ1n) is 7.96. The summed E-state index contributed by atoms with van der Waals surface area (Å²) < 4.78 is 11.2. The summed E-state index contributed by atoms with van der Waals surface area (Å²) in [6.45, 7) is 6.06. The summed E-state index contributed by atoms with van der Waals surface area (Å²) in [7, 11) is 0. The van der Waals surface area contributed by atoms with E-state index in [-0.39, 0.29) is 30.4 Å². The quantitative estimate of drug-likeness (QED) is 0.834. The van der Waals surface area contributed by atoms with Crippen LogP contribution in [0, 0.1) is 17.2 Å². The van der Waals surface area contributed by atoms with Crippen molar-refractivity contribution in [2.24, 2.45) is 5.92 Å². The second-order valence-electron chi connectivity index (χ2n) is 5.82. The van der Waals surface area contributed by atoms with Gasteiger partial charge in [0.2, 0.25) is 6.29 Å². The molecule has 0 radical (unpaired) electrons. The Morgan fingerprint density at radius 3 is 2.52 bits per heavy atom. The molecule has 4 heteroatoms. The van der Waals surface area contributed by atoms with Crippen LogP contribution in [-0.2, 0) is 9.47 Å². The summed E-state index contributed by atoms with van der Waals surface area (Å²) in [5, 5.41) is 12.9. The fraction of sp³-hybridized carbons (Fsp3) is 0.421. The van der Waals surface area contributed by atoms with E-state index in [0.29, 0.717) is 0 Å². The Bertz CT molecular complexity index is 577. The Balaban J connectivity index is 1.92. The number of nitrogens with zero attached hydrogens (tertiary/aromatic N) is 1. The molecule has 1 aliphatic heterocycles. The van der Waals surface area contributed by atoms with Crippen LogP contribution in [0.2, 0.25) is 0 Å². The summed E-state index contributed by atoms with van der Waals surface area (Å²) in [6, 6.07) is 12.3. The minimum absolute atomic E-state index is 0.0223. The Morgan fingerprint density at radius 2 is 1.91 bits per heavy atom. The highest BCUT2D eigenvalue weighted by atomic mass is 16.7. The lowest BCUT2D eigenvalue weighted by Gasteiger charge is -2.29. The van der Waals surface area contributed by atoms with Crippen LogP contribution in [0.15, 0.2) is 54.8 Å². The normalized spacial score (nSPS) is 21.7. The second-order valence-corrected chi connectivity index (χ2v) is 5.82. The predicted molar refractivity (Wildman–Crippen MR) is 90.3 cm³/mol. The first kappa shape index (κ1) is 17.3. The highest BCUT2D eigenvalue weighted by molar-refractivity contribution is 5.19. The van der Waals surface area contributed by atoms with Crippen LogP contribution in [0.1, 0.15) is 32.4 Å². The third kappa shape index (κ3) is 4.95. The molecular formula is C19H24N2O2. The molecule has 0 amide bonds. The van der Waals surface area contributed by atoms with Crippen molar-refractivity contribution in [3.63, 3.8) is 0 Å². The Morgan fingerprint density at radius 1 is 1.17 bits per heavy atom. The van der Waals surface area contributed by atoms with Gasteiger partial charge in [-0.05, 0) is 31.6 Å². The van der Waals surface area contributed by atoms with E-state index in [1.54, 1.807) is 6.26 Å². The number of benzene rings is 1. The first-order chi connectivity index (χ1) is 11.1. The molecule has 0 spiro atoms. The fourth-order valence-electron chi connectivity index (χ4n) is 2.47. The number of nitriles is 1.